The molecule has 0 N–H and O–H groups in total. The summed E-state index contributed by atoms with van der Waals surface area (Å²) in [5.41, 5.74) is 7.11. The van der Waals surface area contributed by atoms with E-state index in [1.165, 1.54) is 27.8 Å². The fraction of sp³-hybridized carbons (Fsp3) is 0.562. The number of carbonyl (C=O) groups is 1. The van der Waals surface area contributed by atoms with Crippen molar-refractivity contribution in [3.8, 4) is 0 Å². The molecule has 0 unspecified atom stereocenters. The van der Waals surface area contributed by atoms with Crippen LogP contribution < -0.4 is 0 Å². The average molecular weight is 232 g/mol. The number of hydrogen-bond donors (Lipinski definition) is 0. The number of rotatable bonds is 5. The molecule has 0 spiro atoms. The van der Waals surface area contributed by atoms with Crippen LogP contribution in [0.5, 0.6) is 0 Å². The van der Waals surface area contributed by atoms with Gasteiger partial charge in [0.15, 0.2) is 0 Å². The van der Waals surface area contributed by atoms with Crippen LogP contribution in [0.2, 0.25) is 0 Å². The number of carbonyl (C=O) groups excluding carboxylic acids is 1. The van der Waals surface area contributed by atoms with Gasteiger partial charge in [0.2, 0.25) is 0 Å². The molecule has 0 bridgehead atoms. The first kappa shape index (κ1) is 14.0. The van der Waals surface area contributed by atoms with E-state index in [2.05, 4.69) is 33.8 Å². The minimum Gasteiger partial charge on any atom is -0.300 e. The van der Waals surface area contributed by atoms with Gasteiger partial charge in [-0.25, -0.2) is 0 Å². The summed E-state index contributed by atoms with van der Waals surface area (Å²) in [5, 5.41) is 0. The normalized spacial score (nSPS) is 10.6. The maximum atomic E-state index is 10.9. The van der Waals surface area contributed by atoms with Crippen molar-refractivity contribution < 1.29 is 4.79 Å². The second-order valence-electron chi connectivity index (χ2n) is 5.15. The van der Waals surface area contributed by atoms with E-state index in [1.807, 2.05) is 0 Å². The van der Waals surface area contributed by atoms with Crippen LogP contribution in [0.15, 0.2) is 6.07 Å². The first-order chi connectivity index (χ1) is 7.93. The topological polar surface area (TPSA) is 17.1 Å². The SMILES string of the molecule is CC(=O)CCCCc1c(C)c(C)cc(C)c1C. The third-order valence-electron chi connectivity index (χ3n) is 3.73. The lowest BCUT2D eigenvalue weighted by molar-refractivity contribution is -0.117. The fourth-order valence-corrected chi connectivity index (χ4v) is 2.35. The lowest BCUT2D eigenvalue weighted by atomic mass is 9.91. The van der Waals surface area contributed by atoms with Gasteiger partial charge < -0.3 is 4.79 Å². The maximum Gasteiger partial charge on any atom is 0.129 e. The Morgan fingerprint density at radius 1 is 1.00 bits per heavy atom. The van der Waals surface area contributed by atoms with Gasteiger partial charge in [0.05, 0.1) is 0 Å². The molecule has 0 aliphatic carbocycles. The zero-order valence-corrected chi connectivity index (χ0v) is 11.8. The fourth-order valence-electron chi connectivity index (χ4n) is 2.35. The molecule has 1 heteroatoms. The van der Waals surface area contributed by atoms with Crippen LogP contribution in [-0.4, -0.2) is 5.78 Å². The van der Waals surface area contributed by atoms with Crippen molar-refractivity contribution in [3.05, 3.63) is 33.9 Å². The van der Waals surface area contributed by atoms with Crippen molar-refractivity contribution in [2.45, 2.75) is 60.3 Å². The molecule has 1 rings (SSSR count). The molecule has 17 heavy (non-hydrogen) atoms. The third-order valence-corrected chi connectivity index (χ3v) is 3.73. The minimum atomic E-state index is 0.305. The van der Waals surface area contributed by atoms with Gasteiger partial charge in [0.25, 0.3) is 0 Å². The summed E-state index contributed by atoms with van der Waals surface area (Å²) in [6.45, 7) is 10.5. The van der Waals surface area contributed by atoms with E-state index >= 15 is 0 Å². The van der Waals surface area contributed by atoms with Gasteiger partial charge in [-0.3, -0.25) is 0 Å². The summed E-state index contributed by atoms with van der Waals surface area (Å²) in [6.07, 6.45) is 3.96. The number of Topliss-reactive ketones (excluding diaryl/α,β-unsaturated/α-hetero) is 1. The molecule has 1 nitrogen and oxygen atoms in total. The van der Waals surface area contributed by atoms with Crippen LogP contribution in [0.4, 0.5) is 0 Å². The van der Waals surface area contributed by atoms with Gasteiger partial charge in [0, 0.05) is 6.42 Å². The van der Waals surface area contributed by atoms with E-state index in [0.717, 1.165) is 25.7 Å². The van der Waals surface area contributed by atoms with Crippen LogP contribution in [0.25, 0.3) is 0 Å². The average Bonchev–Trinajstić information content (AvgIpc) is 2.25. The molecule has 1 aromatic carbocycles. The Bertz CT molecular complexity index is 390. The molecule has 0 radical (unpaired) electrons. The largest absolute Gasteiger partial charge is 0.300 e. The highest BCUT2D eigenvalue weighted by atomic mass is 16.1. The van der Waals surface area contributed by atoms with Crippen LogP contribution in [0.1, 0.15) is 54.0 Å². The van der Waals surface area contributed by atoms with E-state index < -0.39 is 0 Å². The predicted molar refractivity (Wildman–Crippen MR) is 73.6 cm³/mol. The monoisotopic (exact) mass is 232 g/mol. The molecular formula is C16H24O. The summed E-state index contributed by atoms with van der Waals surface area (Å²) in [6, 6.07) is 2.27. The van der Waals surface area contributed by atoms with Crippen LogP contribution in [0, 0.1) is 27.7 Å². The zero-order chi connectivity index (χ0) is 13.0. The minimum absolute atomic E-state index is 0.305. The zero-order valence-electron chi connectivity index (χ0n) is 11.8. The van der Waals surface area contributed by atoms with E-state index in [0.29, 0.717) is 5.78 Å². The van der Waals surface area contributed by atoms with E-state index in [-0.39, 0.29) is 0 Å². The van der Waals surface area contributed by atoms with Crippen molar-refractivity contribution in [2.24, 2.45) is 0 Å². The van der Waals surface area contributed by atoms with Gasteiger partial charge >= 0.3 is 0 Å². The molecule has 0 amide bonds. The van der Waals surface area contributed by atoms with E-state index in [9.17, 15) is 4.79 Å². The standard InChI is InChI=1S/C16H24O/c1-11-10-12(2)15(5)16(14(11)4)9-7-6-8-13(3)17/h10H,6-9H2,1-5H3. The summed E-state index contributed by atoms with van der Waals surface area (Å²) in [5.74, 6) is 0.305. The number of ketones is 1. The molecule has 94 valence electrons. The summed E-state index contributed by atoms with van der Waals surface area (Å²) < 4.78 is 0. The van der Waals surface area contributed by atoms with Crippen LogP contribution in [-0.2, 0) is 11.2 Å². The Morgan fingerprint density at radius 2 is 1.53 bits per heavy atom. The van der Waals surface area contributed by atoms with Crippen molar-refractivity contribution >= 4 is 5.78 Å². The Kier molecular flexibility index (Phi) is 4.92. The lowest BCUT2D eigenvalue weighted by Gasteiger charge is -2.15. The lowest BCUT2D eigenvalue weighted by Crippen LogP contribution is -2.00. The Balaban J connectivity index is 2.73. The Labute approximate surface area is 105 Å². The van der Waals surface area contributed by atoms with Crippen molar-refractivity contribution in [1.82, 2.24) is 0 Å². The first-order valence-electron chi connectivity index (χ1n) is 6.49. The molecule has 0 fully saturated rings. The smallest absolute Gasteiger partial charge is 0.129 e. The molecule has 0 atom stereocenters. The highest BCUT2D eigenvalue weighted by Gasteiger charge is 2.08. The second kappa shape index (κ2) is 6.00. The third kappa shape index (κ3) is 3.69. The molecule has 0 aliphatic rings. The Hall–Kier alpha value is -1.11. The number of aryl methyl sites for hydroxylation is 2. The van der Waals surface area contributed by atoms with Crippen molar-refractivity contribution in [3.63, 3.8) is 0 Å². The molecule has 0 aliphatic heterocycles. The van der Waals surface area contributed by atoms with Gasteiger partial charge in [-0.05, 0) is 81.7 Å². The quantitative estimate of drug-likeness (QED) is 0.695. The molecule has 0 saturated carbocycles. The number of benzene rings is 1. The number of hydrogen-bond acceptors (Lipinski definition) is 1. The highest BCUT2D eigenvalue weighted by molar-refractivity contribution is 5.75. The van der Waals surface area contributed by atoms with Crippen molar-refractivity contribution in [2.75, 3.05) is 0 Å². The molecule has 1 aromatic rings. The molecule has 0 heterocycles. The van der Waals surface area contributed by atoms with Crippen LogP contribution >= 0.6 is 0 Å². The highest BCUT2D eigenvalue weighted by Crippen LogP contribution is 2.23. The first-order valence-corrected chi connectivity index (χ1v) is 6.49. The van der Waals surface area contributed by atoms with Crippen LogP contribution in [0.3, 0.4) is 0 Å². The van der Waals surface area contributed by atoms with Gasteiger partial charge in [-0.1, -0.05) is 6.07 Å². The van der Waals surface area contributed by atoms with Gasteiger partial charge in [0.1, 0.15) is 5.78 Å². The van der Waals surface area contributed by atoms with E-state index in [1.54, 1.807) is 6.92 Å². The molecule has 0 aromatic heterocycles. The van der Waals surface area contributed by atoms with Gasteiger partial charge in [-0.2, -0.15) is 0 Å². The Morgan fingerprint density at radius 3 is 2.00 bits per heavy atom. The number of unbranched alkanes of at least 4 members (excludes halogenated alkanes) is 1. The maximum absolute atomic E-state index is 10.9. The summed E-state index contributed by atoms with van der Waals surface area (Å²) >= 11 is 0. The predicted octanol–water partition coefficient (Wildman–Crippen LogP) is 4.22. The second-order valence-corrected chi connectivity index (χ2v) is 5.15. The molecular weight excluding hydrogens is 208 g/mol. The molecule has 0 saturated heterocycles. The summed E-state index contributed by atoms with van der Waals surface area (Å²) in [4.78, 5) is 10.9. The summed E-state index contributed by atoms with van der Waals surface area (Å²) in [7, 11) is 0. The van der Waals surface area contributed by atoms with Gasteiger partial charge in [-0.15, -0.1) is 0 Å². The van der Waals surface area contributed by atoms with E-state index in [4.69, 9.17) is 0 Å². The van der Waals surface area contributed by atoms with Crippen molar-refractivity contribution in [1.29, 1.82) is 0 Å².